The van der Waals surface area contributed by atoms with Crippen molar-refractivity contribution in [1.82, 2.24) is 0 Å². The highest BCUT2D eigenvalue weighted by Crippen LogP contribution is 2.19. The van der Waals surface area contributed by atoms with Crippen LogP contribution in [0.2, 0.25) is 0 Å². The van der Waals surface area contributed by atoms with Crippen LogP contribution in [-0.2, 0) is 15.8 Å². The lowest BCUT2D eigenvalue weighted by Gasteiger charge is -2.08. The normalized spacial score (nSPS) is 11.2. The van der Waals surface area contributed by atoms with Crippen molar-refractivity contribution in [2.24, 2.45) is 0 Å². The molecule has 0 aliphatic heterocycles. The number of benzene rings is 2. The Morgan fingerprint density at radius 1 is 0.944 bits per heavy atom. The number of nitrogens with one attached hydrogen (secondary N) is 1. The molecule has 1 N–H and O–H groups in total. The highest BCUT2D eigenvalue weighted by atomic mass is 79.9. The Hall–Kier alpha value is -1.33. The minimum absolute atomic E-state index is 0.0523. The van der Waals surface area contributed by atoms with Gasteiger partial charge in [-0.2, -0.15) is 0 Å². The van der Waals surface area contributed by atoms with E-state index in [2.05, 4.69) is 20.7 Å². The Balaban J connectivity index is 2.16. The summed E-state index contributed by atoms with van der Waals surface area (Å²) in [7, 11) is -3.39. The van der Waals surface area contributed by atoms with Gasteiger partial charge in [0.1, 0.15) is 0 Å². The molecule has 0 bridgehead atoms. The summed E-state index contributed by atoms with van der Waals surface area (Å²) in [6.07, 6.45) is 0. The molecular formula is C13H12BrNO2S. The van der Waals surface area contributed by atoms with Crippen LogP contribution < -0.4 is 4.72 Å². The summed E-state index contributed by atoms with van der Waals surface area (Å²) >= 11 is 3.34. The number of para-hydroxylation sites is 1. The van der Waals surface area contributed by atoms with Gasteiger partial charge in [0.2, 0.25) is 10.0 Å². The molecule has 0 spiro atoms. The van der Waals surface area contributed by atoms with Crippen molar-refractivity contribution in [1.29, 1.82) is 0 Å². The van der Waals surface area contributed by atoms with Gasteiger partial charge in [0, 0.05) is 10.2 Å². The van der Waals surface area contributed by atoms with Crippen LogP contribution in [0.15, 0.2) is 59.1 Å². The van der Waals surface area contributed by atoms with Crippen LogP contribution in [0.5, 0.6) is 0 Å². The summed E-state index contributed by atoms with van der Waals surface area (Å²) in [5, 5.41) is 0. The van der Waals surface area contributed by atoms with E-state index in [-0.39, 0.29) is 5.75 Å². The standard InChI is InChI=1S/C13H12BrNO2S/c14-13-9-5-4-6-11(13)10-18(16,17)15-12-7-2-1-3-8-12/h1-9,15H,10H2. The number of anilines is 1. The second kappa shape index (κ2) is 5.54. The Labute approximate surface area is 115 Å². The highest BCUT2D eigenvalue weighted by molar-refractivity contribution is 9.10. The lowest BCUT2D eigenvalue weighted by atomic mass is 10.2. The zero-order valence-electron chi connectivity index (χ0n) is 9.51. The van der Waals surface area contributed by atoms with Gasteiger partial charge >= 0.3 is 0 Å². The summed E-state index contributed by atoms with van der Waals surface area (Å²) < 4.78 is 27.3. The lowest BCUT2D eigenvalue weighted by molar-refractivity contribution is 0.600. The molecule has 0 aliphatic rings. The Morgan fingerprint density at radius 2 is 1.56 bits per heavy atom. The van der Waals surface area contributed by atoms with Crippen molar-refractivity contribution in [3.05, 3.63) is 64.6 Å². The first-order valence-corrected chi connectivity index (χ1v) is 7.80. The van der Waals surface area contributed by atoms with Crippen LogP contribution in [0.4, 0.5) is 5.69 Å². The van der Waals surface area contributed by atoms with Crippen LogP contribution in [0, 0.1) is 0 Å². The van der Waals surface area contributed by atoms with Crippen molar-refractivity contribution in [2.45, 2.75) is 5.75 Å². The largest absolute Gasteiger partial charge is 0.283 e. The number of rotatable bonds is 4. The summed E-state index contributed by atoms with van der Waals surface area (Å²) in [4.78, 5) is 0. The molecule has 0 atom stereocenters. The van der Waals surface area contributed by atoms with Crippen LogP contribution in [0.3, 0.4) is 0 Å². The lowest BCUT2D eigenvalue weighted by Crippen LogP contribution is -2.15. The zero-order chi connectivity index (χ0) is 13.0. The Morgan fingerprint density at radius 3 is 2.22 bits per heavy atom. The molecular weight excluding hydrogens is 314 g/mol. The van der Waals surface area contributed by atoms with E-state index in [1.807, 2.05) is 24.3 Å². The average Bonchev–Trinajstić information content (AvgIpc) is 2.32. The molecule has 2 aromatic carbocycles. The van der Waals surface area contributed by atoms with Gasteiger partial charge in [0.15, 0.2) is 0 Å². The topological polar surface area (TPSA) is 46.2 Å². The molecule has 0 heterocycles. The molecule has 5 heteroatoms. The van der Waals surface area contributed by atoms with Crippen LogP contribution in [0.1, 0.15) is 5.56 Å². The first-order valence-electron chi connectivity index (χ1n) is 5.36. The van der Waals surface area contributed by atoms with Crippen molar-refractivity contribution >= 4 is 31.6 Å². The van der Waals surface area contributed by atoms with E-state index in [0.29, 0.717) is 5.69 Å². The van der Waals surface area contributed by atoms with Gasteiger partial charge in [-0.1, -0.05) is 52.3 Å². The van der Waals surface area contributed by atoms with Crippen molar-refractivity contribution < 1.29 is 8.42 Å². The third kappa shape index (κ3) is 3.58. The van der Waals surface area contributed by atoms with E-state index < -0.39 is 10.0 Å². The van der Waals surface area contributed by atoms with Gasteiger partial charge in [0.25, 0.3) is 0 Å². The summed E-state index contributed by atoms with van der Waals surface area (Å²) in [6, 6.07) is 16.1. The smallest absolute Gasteiger partial charge is 0.236 e. The number of hydrogen-bond acceptors (Lipinski definition) is 2. The molecule has 0 amide bonds. The molecule has 0 saturated carbocycles. The molecule has 18 heavy (non-hydrogen) atoms. The van der Waals surface area contributed by atoms with Gasteiger partial charge in [-0.15, -0.1) is 0 Å². The minimum atomic E-state index is -3.39. The highest BCUT2D eigenvalue weighted by Gasteiger charge is 2.13. The quantitative estimate of drug-likeness (QED) is 0.936. The molecule has 2 rings (SSSR count). The van der Waals surface area contributed by atoms with E-state index in [4.69, 9.17) is 0 Å². The van der Waals surface area contributed by atoms with E-state index in [1.54, 1.807) is 30.3 Å². The van der Waals surface area contributed by atoms with E-state index in [1.165, 1.54) is 0 Å². The van der Waals surface area contributed by atoms with Crippen molar-refractivity contribution in [3.63, 3.8) is 0 Å². The third-order valence-electron chi connectivity index (χ3n) is 2.35. The van der Waals surface area contributed by atoms with Crippen LogP contribution in [0.25, 0.3) is 0 Å². The van der Waals surface area contributed by atoms with Crippen LogP contribution in [-0.4, -0.2) is 8.42 Å². The zero-order valence-corrected chi connectivity index (χ0v) is 11.9. The van der Waals surface area contributed by atoms with E-state index >= 15 is 0 Å². The molecule has 0 fully saturated rings. The van der Waals surface area contributed by atoms with Gasteiger partial charge in [-0.3, -0.25) is 4.72 Å². The third-order valence-corrected chi connectivity index (χ3v) is 4.36. The fraction of sp³-hybridized carbons (Fsp3) is 0.0769. The van der Waals surface area contributed by atoms with Gasteiger partial charge < -0.3 is 0 Å². The van der Waals surface area contributed by atoms with E-state index in [0.717, 1.165) is 10.0 Å². The Bertz CT molecular complexity index is 626. The Kier molecular flexibility index (Phi) is 4.04. The average molecular weight is 326 g/mol. The summed E-state index contributed by atoms with van der Waals surface area (Å²) in [6.45, 7) is 0. The summed E-state index contributed by atoms with van der Waals surface area (Å²) in [5.41, 5.74) is 1.31. The molecule has 0 aliphatic carbocycles. The first-order chi connectivity index (χ1) is 8.57. The van der Waals surface area contributed by atoms with Crippen molar-refractivity contribution in [3.8, 4) is 0 Å². The predicted molar refractivity (Wildman–Crippen MR) is 76.8 cm³/mol. The second-order valence-electron chi connectivity index (χ2n) is 3.82. The number of hydrogen-bond donors (Lipinski definition) is 1. The molecule has 0 aromatic heterocycles. The fourth-order valence-electron chi connectivity index (χ4n) is 1.54. The maximum absolute atomic E-state index is 12.0. The first kappa shape index (κ1) is 13.1. The van der Waals surface area contributed by atoms with Crippen molar-refractivity contribution in [2.75, 3.05) is 4.72 Å². The fourth-order valence-corrected chi connectivity index (χ4v) is 3.38. The molecule has 0 unspecified atom stereocenters. The number of halogens is 1. The maximum atomic E-state index is 12.0. The molecule has 2 aromatic rings. The van der Waals surface area contributed by atoms with Crippen LogP contribution >= 0.6 is 15.9 Å². The van der Waals surface area contributed by atoms with Gasteiger partial charge in [-0.05, 0) is 23.8 Å². The monoisotopic (exact) mass is 325 g/mol. The minimum Gasteiger partial charge on any atom is -0.283 e. The molecule has 0 saturated heterocycles. The SMILES string of the molecule is O=S(=O)(Cc1ccccc1Br)Nc1ccccc1. The maximum Gasteiger partial charge on any atom is 0.236 e. The molecule has 94 valence electrons. The van der Waals surface area contributed by atoms with E-state index in [9.17, 15) is 8.42 Å². The molecule has 0 radical (unpaired) electrons. The van der Waals surface area contributed by atoms with Gasteiger partial charge in [0.05, 0.1) is 5.75 Å². The number of sulfonamides is 1. The summed E-state index contributed by atoms with van der Waals surface area (Å²) in [5.74, 6) is -0.0523. The molecule has 3 nitrogen and oxygen atoms in total. The van der Waals surface area contributed by atoms with Gasteiger partial charge in [-0.25, -0.2) is 8.42 Å². The predicted octanol–water partition coefficient (Wildman–Crippen LogP) is 3.39. The second-order valence-corrected chi connectivity index (χ2v) is 6.40.